The first kappa shape index (κ1) is 22.5. The number of piperazine rings is 1. The van der Waals surface area contributed by atoms with Gasteiger partial charge in [0.15, 0.2) is 5.82 Å². The fraction of sp³-hybridized carbons (Fsp3) is 0.273. The predicted molar refractivity (Wildman–Crippen MR) is 135 cm³/mol. The number of para-hydroxylation sites is 1. The zero-order chi connectivity index (χ0) is 20.7. The van der Waals surface area contributed by atoms with Crippen molar-refractivity contribution in [1.29, 1.82) is 0 Å². The lowest BCUT2D eigenvalue weighted by Crippen LogP contribution is -2.45. The zero-order valence-electron chi connectivity index (χ0n) is 17.1. The molecule has 0 spiro atoms. The molecule has 0 aliphatic carbocycles. The van der Waals surface area contributed by atoms with E-state index < -0.39 is 0 Å². The van der Waals surface area contributed by atoms with Crippen molar-refractivity contribution in [3.05, 3.63) is 64.4 Å². The standard InChI is InChI=1S/C22H22ClN5S2.ClH/c1-25-11-13-26(14-12-25)15-27-22(29)28(16-7-3-2-4-8-16)21(24-27)20-19(23)17-9-5-6-10-18(17)30-20;/h2-10H,11-15H2,1H3;1H. The lowest BCUT2D eigenvalue weighted by molar-refractivity contribution is 0.119. The molecule has 4 aromatic rings. The maximum atomic E-state index is 6.82. The normalized spacial score (nSPS) is 15.3. The van der Waals surface area contributed by atoms with E-state index in [1.165, 1.54) is 0 Å². The van der Waals surface area contributed by atoms with Gasteiger partial charge in [-0.05, 0) is 37.5 Å². The van der Waals surface area contributed by atoms with Gasteiger partial charge in [0.2, 0.25) is 4.77 Å². The van der Waals surface area contributed by atoms with Gasteiger partial charge >= 0.3 is 0 Å². The summed E-state index contributed by atoms with van der Waals surface area (Å²) in [4.78, 5) is 5.69. The van der Waals surface area contributed by atoms with Gasteiger partial charge < -0.3 is 4.90 Å². The van der Waals surface area contributed by atoms with Crippen molar-refractivity contribution in [2.24, 2.45) is 0 Å². The van der Waals surface area contributed by atoms with E-state index in [-0.39, 0.29) is 12.4 Å². The van der Waals surface area contributed by atoms with E-state index in [9.17, 15) is 0 Å². The van der Waals surface area contributed by atoms with Gasteiger partial charge in [-0.15, -0.1) is 28.8 Å². The molecule has 1 aliphatic rings. The average molecular weight is 493 g/mol. The predicted octanol–water partition coefficient (Wildman–Crippen LogP) is 5.57. The molecule has 0 amide bonds. The van der Waals surface area contributed by atoms with Crippen LogP contribution in [0.15, 0.2) is 54.6 Å². The van der Waals surface area contributed by atoms with Gasteiger partial charge in [0.25, 0.3) is 0 Å². The number of hydrogen-bond acceptors (Lipinski definition) is 5. The quantitative estimate of drug-likeness (QED) is 0.349. The smallest absolute Gasteiger partial charge is 0.204 e. The highest BCUT2D eigenvalue weighted by molar-refractivity contribution is 7.71. The molecule has 0 bridgehead atoms. The van der Waals surface area contributed by atoms with Gasteiger partial charge in [-0.25, -0.2) is 4.68 Å². The molecule has 0 unspecified atom stereocenters. The van der Waals surface area contributed by atoms with Gasteiger partial charge in [-0.2, -0.15) is 0 Å². The third-order valence-corrected chi connectivity index (χ3v) is 7.59. The van der Waals surface area contributed by atoms with Crippen LogP contribution < -0.4 is 0 Å². The Labute approximate surface area is 201 Å². The molecule has 5 rings (SSSR count). The number of nitrogens with zero attached hydrogens (tertiary/aromatic N) is 5. The van der Waals surface area contributed by atoms with Crippen LogP contribution in [0.2, 0.25) is 5.02 Å². The van der Waals surface area contributed by atoms with E-state index in [4.69, 9.17) is 28.9 Å². The summed E-state index contributed by atoms with van der Waals surface area (Å²) in [6, 6.07) is 18.4. The highest BCUT2D eigenvalue weighted by Gasteiger charge is 2.22. The number of rotatable bonds is 4. The van der Waals surface area contributed by atoms with Crippen LogP contribution in [0.25, 0.3) is 26.5 Å². The lowest BCUT2D eigenvalue weighted by Gasteiger charge is -2.31. The number of fused-ring (bicyclic) bond motifs is 1. The van der Waals surface area contributed by atoms with Crippen molar-refractivity contribution < 1.29 is 0 Å². The summed E-state index contributed by atoms with van der Waals surface area (Å²) in [5.41, 5.74) is 0.996. The molecule has 3 heterocycles. The Bertz CT molecular complexity index is 1240. The highest BCUT2D eigenvalue weighted by Crippen LogP contribution is 2.42. The second-order valence-electron chi connectivity index (χ2n) is 7.58. The Kier molecular flexibility index (Phi) is 6.81. The van der Waals surface area contributed by atoms with E-state index in [0.29, 0.717) is 11.4 Å². The molecular formula is C22H23Cl2N5S2. The van der Waals surface area contributed by atoms with Crippen LogP contribution in [-0.2, 0) is 6.67 Å². The van der Waals surface area contributed by atoms with Crippen molar-refractivity contribution >= 4 is 57.6 Å². The van der Waals surface area contributed by atoms with Crippen LogP contribution in [-0.4, -0.2) is 57.4 Å². The van der Waals surface area contributed by atoms with Crippen LogP contribution in [0.5, 0.6) is 0 Å². The highest BCUT2D eigenvalue weighted by atomic mass is 35.5. The lowest BCUT2D eigenvalue weighted by atomic mass is 10.2. The van der Waals surface area contributed by atoms with E-state index in [0.717, 1.165) is 57.7 Å². The summed E-state index contributed by atoms with van der Waals surface area (Å²) >= 11 is 14.4. The van der Waals surface area contributed by atoms with Crippen LogP contribution in [0.4, 0.5) is 0 Å². The molecule has 0 radical (unpaired) electrons. The first-order valence-corrected chi connectivity index (χ1v) is 11.6. The first-order chi connectivity index (χ1) is 14.6. The van der Waals surface area contributed by atoms with Crippen LogP contribution in [0.3, 0.4) is 0 Å². The summed E-state index contributed by atoms with van der Waals surface area (Å²) < 4.78 is 5.81. The SMILES string of the molecule is CN1CCN(Cn2nc(-c3sc4ccccc4c3Cl)n(-c3ccccc3)c2=S)CC1.Cl. The third-order valence-electron chi connectivity index (χ3n) is 5.52. The fourth-order valence-electron chi connectivity index (χ4n) is 3.79. The van der Waals surface area contributed by atoms with E-state index in [1.807, 2.05) is 39.6 Å². The summed E-state index contributed by atoms with van der Waals surface area (Å²) in [6.45, 7) is 4.82. The minimum atomic E-state index is 0. The Morgan fingerprint density at radius 3 is 2.39 bits per heavy atom. The monoisotopic (exact) mass is 491 g/mol. The number of likely N-dealkylation sites (N-methyl/N-ethyl adjacent to an activating group) is 1. The molecular weight excluding hydrogens is 469 g/mol. The first-order valence-electron chi connectivity index (χ1n) is 9.95. The summed E-state index contributed by atoms with van der Waals surface area (Å²) in [5, 5.41) is 6.76. The second-order valence-corrected chi connectivity index (χ2v) is 9.38. The topological polar surface area (TPSA) is 29.2 Å². The molecule has 9 heteroatoms. The Morgan fingerprint density at radius 1 is 1.00 bits per heavy atom. The van der Waals surface area contributed by atoms with Gasteiger partial charge in [-0.1, -0.05) is 48.0 Å². The maximum Gasteiger partial charge on any atom is 0.204 e. The molecule has 1 fully saturated rings. The molecule has 0 saturated carbocycles. The van der Waals surface area contributed by atoms with Crippen molar-refractivity contribution in [2.75, 3.05) is 33.2 Å². The molecule has 0 N–H and O–H groups in total. The van der Waals surface area contributed by atoms with Gasteiger partial charge in [0.1, 0.15) is 0 Å². The molecule has 5 nitrogen and oxygen atoms in total. The summed E-state index contributed by atoms with van der Waals surface area (Å²) in [6.07, 6.45) is 0. The number of benzene rings is 2. The van der Waals surface area contributed by atoms with E-state index in [1.54, 1.807) is 11.3 Å². The Hall–Kier alpha value is -1.74. The van der Waals surface area contributed by atoms with Gasteiger partial charge in [0.05, 0.1) is 22.3 Å². The van der Waals surface area contributed by atoms with Crippen LogP contribution in [0, 0.1) is 4.77 Å². The Morgan fingerprint density at radius 2 is 1.68 bits per heavy atom. The number of hydrogen-bond donors (Lipinski definition) is 0. The average Bonchev–Trinajstić information content (AvgIpc) is 3.27. The molecule has 162 valence electrons. The van der Waals surface area contributed by atoms with Crippen LogP contribution >= 0.6 is 47.6 Å². The molecule has 2 aromatic carbocycles. The largest absolute Gasteiger partial charge is 0.304 e. The molecule has 2 aromatic heterocycles. The van der Waals surface area contributed by atoms with Crippen LogP contribution in [0.1, 0.15) is 0 Å². The van der Waals surface area contributed by atoms with Crippen molar-refractivity contribution in [3.8, 4) is 16.4 Å². The summed E-state index contributed by atoms with van der Waals surface area (Å²) in [5.74, 6) is 0.798. The maximum absolute atomic E-state index is 6.82. The number of thiophene rings is 1. The molecule has 1 saturated heterocycles. The molecule has 31 heavy (non-hydrogen) atoms. The van der Waals surface area contributed by atoms with Crippen molar-refractivity contribution in [2.45, 2.75) is 6.67 Å². The fourth-order valence-corrected chi connectivity index (χ4v) is 5.57. The summed E-state index contributed by atoms with van der Waals surface area (Å²) in [7, 11) is 2.16. The van der Waals surface area contributed by atoms with Crippen molar-refractivity contribution in [3.63, 3.8) is 0 Å². The molecule has 1 aliphatic heterocycles. The van der Waals surface area contributed by atoms with Crippen molar-refractivity contribution in [1.82, 2.24) is 24.1 Å². The minimum Gasteiger partial charge on any atom is -0.304 e. The van der Waals surface area contributed by atoms with E-state index >= 15 is 0 Å². The third kappa shape index (κ3) is 4.31. The van der Waals surface area contributed by atoms with Gasteiger partial charge in [0, 0.05) is 36.3 Å². The number of halogens is 2. The van der Waals surface area contributed by atoms with Gasteiger partial charge in [-0.3, -0.25) is 9.47 Å². The number of aromatic nitrogens is 3. The zero-order valence-corrected chi connectivity index (χ0v) is 20.3. The molecule has 0 atom stereocenters. The van der Waals surface area contributed by atoms with E-state index in [2.05, 4.69) is 41.1 Å². The Balaban J connectivity index is 0.00000231. The second kappa shape index (κ2) is 9.40. The minimum absolute atomic E-state index is 0.